The van der Waals surface area contributed by atoms with Gasteiger partial charge >= 0.3 is 29.6 Å². The second-order valence-electron chi connectivity index (χ2n) is 22.2. The van der Waals surface area contributed by atoms with Crippen LogP contribution in [0, 0.1) is 81.4 Å². The number of ketones is 1. The fraction of sp³-hybridized carbons (Fsp3) is 0.660. The number of Topliss-reactive ketones (excluding diaryl/α,β-unsaturated/α-hetero) is 1. The molecule has 10 saturated carbocycles. The van der Waals surface area contributed by atoms with Crippen LogP contribution >= 0.6 is 0 Å². The summed E-state index contributed by atoms with van der Waals surface area (Å²) in [7, 11) is 0. The molecule has 2 aromatic carbocycles. The Labute approximate surface area is 414 Å². The number of benzene rings is 2. The van der Waals surface area contributed by atoms with E-state index in [4.69, 9.17) is 4.74 Å². The number of rotatable bonds is 10. The summed E-state index contributed by atoms with van der Waals surface area (Å²) in [5.74, 6) is -0.161. The molecule has 3 heterocycles. The number of fused-ring (bicyclic) bond motifs is 4. The molecule has 10 aliphatic carbocycles. The van der Waals surface area contributed by atoms with Crippen molar-refractivity contribution in [3.05, 3.63) is 60.2 Å². The largest absolute Gasteiger partial charge is 1.00 e. The molecule has 4 aromatic rings. The number of carbonyl (C=O) groups is 3. The summed E-state index contributed by atoms with van der Waals surface area (Å²) in [6.45, 7) is 9.56. The Morgan fingerprint density at radius 1 is 0.687 bits per heavy atom. The number of imidazole rings is 2. The fourth-order valence-corrected chi connectivity index (χ4v) is 14.6. The minimum Gasteiger partial charge on any atom is -1.00 e. The molecule has 2 amide bonds. The van der Waals surface area contributed by atoms with Gasteiger partial charge in [0, 0.05) is 91.7 Å². The molecule has 67 heavy (non-hydrogen) atoms. The van der Waals surface area contributed by atoms with Crippen LogP contribution in [0.3, 0.4) is 0 Å². The van der Waals surface area contributed by atoms with E-state index in [0.717, 1.165) is 89.6 Å². The quantitative estimate of drug-likeness (QED) is 0.152. The van der Waals surface area contributed by atoms with Crippen LogP contribution < -0.4 is 40.2 Å². The van der Waals surface area contributed by atoms with E-state index in [-0.39, 0.29) is 109 Å². The van der Waals surface area contributed by atoms with Gasteiger partial charge in [0.1, 0.15) is 5.78 Å². The summed E-state index contributed by atoms with van der Waals surface area (Å²) in [6, 6.07) is 5.21. The number of hydrogen-bond acceptors (Lipinski definition) is 7. The molecule has 3 N–H and O–H groups in total. The minimum absolute atomic E-state index is 0. The molecular weight excluding hydrogens is 874 g/mol. The first-order valence-electron chi connectivity index (χ1n) is 24.0. The second-order valence-corrected chi connectivity index (χ2v) is 22.2. The molecule has 11 atom stereocenters. The van der Waals surface area contributed by atoms with Gasteiger partial charge < -0.3 is 31.0 Å². The first-order chi connectivity index (χ1) is 30.9. The Morgan fingerprint density at radius 3 is 1.40 bits per heavy atom. The summed E-state index contributed by atoms with van der Waals surface area (Å²) in [5, 5.41) is 16.4. The monoisotopic (exact) mass is 935 g/mol. The molecule has 11 aliphatic rings. The maximum absolute atomic E-state index is 13.7. The van der Waals surface area contributed by atoms with Crippen molar-refractivity contribution >= 4 is 48.1 Å². The second kappa shape index (κ2) is 17.2. The molecule has 2 aromatic heterocycles. The number of aliphatic hydroxyl groups is 1. The average molecular weight is 936 g/mol. The molecule has 0 spiro atoms. The van der Waals surface area contributed by atoms with Crippen molar-refractivity contribution in [2.75, 3.05) is 13.2 Å². The predicted molar refractivity (Wildman–Crippen MR) is 239 cm³/mol. The Morgan fingerprint density at radius 2 is 1.06 bits per heavy atom. The number of hydrogen-bond donors (Lipinski definition) is 3. The van der Waals surface area contributed by atoms with Gasteiger partial charge in [-0.25, -0.2) is 27.5 Å². The van der Waals surface area contributed by atoms with Crippen LogP contribution in [-0.2, 0) is 19.1 Å². The summed E-state index contributed by atoms with van der Waals surface area (Å²) in [4.78, 5) is 45.8. The molecule has 11 fully saturated rings. The Balaban J connectivity index is 0.000000160. The van der Waals surface area contributed by atoms with Crippen molar-refractivity contribution in [1.82, 2.24) is 29.7 Å². The standard InChI is InChI=1S/C23H27F2N3O2.C23H25F2N3O2.C4H8O.B.Na.H/c2*1-11(21(30)27-23-7-22(8-23,9-23)12(2)29)20-14-3-13(4-15(14)20)28-10-26-18-5-16(24)17(25)6-19(18)28;1-2-4-5-3-1;;;/h5-6,10-15,20,29H,3-4,7-9H2,1-2H3,(H,27,30);5-6,10-11,13-15,20H,3-4,7-9H2,1-2H3,(H,27,30);1-4H2;;;/q;;;;+1;-1/t11?,12?,13?,14-,15+,20?,22?,23?;11?,13?,14-,15+,20?,22?,23?;;;;. The van der Waals surface area contributed by atoms with Crippen molar-refractivity contribution in [1.29, 1.82) is 0 Å². The van der Waals surface area contributed by atoms with E-state index in [0.29, 0.717) is 57.6 Å². The Bertz CT molecular complexity index is 2560. The van der Waals surface area contributed by atoms with Crippen LogP contribution in [0.5, 0.6) is 0 Å². The minimum atomic E-state index is -0.875. The number of aliphatic hydroxyl groups excluding tert-OH is 1. The smallest absolute Gasteiger partial charge is 1.00 e. The molecule has 1 aliphatic heterocycles. The normalized spacial score (nSPS) is 37.3. The van der Waals surface area contributed by atoms with E-state index >= 15 is 0 Å². The Hall–Kier alpha value is -3.31. The zero-order chi connectivity index (χ0) is 45.5. The van der Waals surface area contributed by atoms with Gasteiger partial charge in [-0.1, -0.05) is 13.8 Å². The van der Waals surface area contributed by atoms with Crippen LogP contribution in [0.2, 0.25) is 0 Å². The predicted octanol–water partition coefficient (Wildman–Crippen LogP) is 4.88. The molecule has 353 valence electrons. The number of nitrogens with one attached hydrogen (secondary N) is 2. The third kappa shape index (κ3) is 8.02. The van der Waals surface area contributed by atoms with E-state index in [1.807, 2.05) is 29.9 Å². The third-order valence-corrected chi connectivity index (χ3v) is 18.3. The van der Waals surface area contributed by atoms with Gasteiger partial charge in [-0.3, -0.25) is 14.4 Å². The number of carbonyl (C=O) groups excluding carboxylic acids is 3. The van der Waals surface area contributed by atoms with Crippen molar-refractivity contribution in [2.24, 2.45) is 58.2 Å². The molecule has 11 nitrogen and oxygen atoms in total. The van der Waals surface area contributed by atoms with Gasteiger partial charge in [0.05, 0.1) is 40.8 Å². The van der Waals surface area contributed by atoms with E-state index < -0.39 is 23.3 Å². The first kappa shape index (κ1) is 48.7. The van der Waals surface area contributed by atoms with Crippen molar-refractivity contribution in [2.45, 2.75) is 134 Å². The van der Waals surface area contributed by atoms with Crippen molar-refractivity contribution in [3.63, 3.8) is 0 Å². The van der Waals surface area contributed by atoms with Gasteiger partial charge in [0.15, 0.2) is 23.3 Å². The topological polar surface area (TPSA) is 140 Å². The number of aromatic nitrogens is 4. The van der Waals surface area contributed by atoms with Gasteiger partial charge in [-0.05, 0) is 126 Å². The summed E-state index contributed by atoms with van der Waals surface area (Å²) >= 11 is 0. The Kier molecular flexibility index (Phi) is 12.5. The van der Waals surface area contributed by atoms with Gasteiger partial charge in [0.25, 0.3) is 0 Å². The van der Waals surface area contributed by atoms with Crippen LogP contribution in [-0.4, -0.2) is 80.6 Å². The number of ether oxygens (including phenoxy) is 1. The molecule has 1 saturated heterocycles. The number of halogens is 4. The van der Waals surface area contributed by atoms with E-state index in [1.165, 1.54) is 25.0 Å². The van der Waals surface area contributed by atoms with Gasteiger partial charge in [-0.2, -0.15) is 0 Å². The SMILES string of the molecule is C1CCOC1.CC(=O)C12CC(NC(=O)C(C)C3[C@H]4CC(n5cnc6cc(F)c(F)cc65)C[C@@H]34)(C1)C2.CC(C(=O)NC12CC(C(C)O)(C1)C2)C1[C@H]2CC(n3cnc4cc(F)c(F)cc43)C[C@@H]12.[B].[H-].[Na+]. The zero-order valence-electron chi connectivity index (χ0n) is 40.2. The van der Waals surface area contributed by atoms with Gasteiger partial charge in [0.2, 0.25) is 11.8 Å². The zero-order valence-corrected chi connectivity index (χ0v) is 41.2. The number of nitrogens with zero attached hydrogens (tertiary/aromatic N) is 4. The third-order valence-electron chi connectivity index (χ3n) is 18.3. The summed E-state index contributed by atoms with van der Waals surface area (Å²) in [5.41, 5.74) is 1.94. The molecule has 17 heteroatoms. The number of amides is 2. The fourth-order valence-electron chi connectivity index (χ4n) is 14.6. The van der Waals surface area contributed by atoms with Crippen molar-refractivity contribution in [3.8, 4) is 0 Å². The first-order valence-corrected chi connectivity index (χ1v) is 24.0. The maximum atomic E-state index is 13.7. The van der Waals surface area contributed by atoms with Crippen LogP contribution in [0.1, 0.15) is 118 Å². The average Bonchev–Trinajstić information content (AvgIpc) is 3.71. The van der Waals surface area contributed by atoms with Gasteiger partial charge in [-0.15, -0.1) is 0 Å². The van der Waals surface area contributed by atoms with E-state index in [9.17, 15) is 37.1 Å². The van der Waals surface area contributed by atoms with Crippen molar-refractivity contribution < 1.29 is 72.8 Å². The van der Waals surface area contributed by atoms with Crippen LogP contribution in [0.15, 0.2) is 36.9 Å². The summed E-state index contributed by atoms with van der Waals surface area (Å²) < 4.78 is 63.2. The van der Waals surface area contributed by atoms with E-state index in [2.05, 4.69) is 20.6 Å². The maximum Gasteiger partial charge on any atom is 1.00 e. The van der Waals surface area contributed by atoms with Crippen LogP contribution in [0.4, 0.5) is 17.6 Å². The molecular formula is C50H61BF4N6NaO5. The molecule has 7 unspecified atom stereocenters. The molecule has 4 bridgehead atoms. The summed E-state index contributed by atoms with van der Waals surface area (Å²) in [6.07, 6.45) is 14.5. The van der Waals surface area contributed by atoms with E-state index in [1.54, 1.807) is 19.6 Å². The van der Waals surface area contributed by atoms with Crippen LogP contribution in [0.25, 0.3) is 22.1 Å². The molecule has 15 rings (SSSR count). The molecule has 3 radical (unpaired) electrons.